The molecule has 1 N–H and O–H groups in total. The molecule has 1 aliphatic rings. The highest BCUT2D eigenvalue weighted by Gasteiger charge is 2.23. The molecular formula is C28H56N2O3. The lowest BCUT2D eigenvalue weighted by molar-refractivity contribution is -0.151. The maximum atomic E-state index is 11.5. The van der Waals surface area contributed by atoms with Crippen molar-refractivity contribution in [3.8, 4) is 0 Å². The molecule has 0 aliphatic carbocycles. The monoisotopic (exact) mass is 468 g/mol. The summed E-state index contributed by atoms with van der Waals surface area (Å²) in [6.07, 6.45) is 21.9. The van der Waals surface area contributed by atoms with Crippen molar-refractivity contribution in [3.05, 3.63) is 0 Å². The Morgan fingerprint density at radius 2 is 1.39 bits per heavy atom. The van der Waals surface area contributed by atoms with Crippen LogP contribution in [0.3, 0.4) is 0 Å². The Labute approximate surface area is 205 Å². The minimum atomic E-state index is -0.214. The van der Waals surface area contributed by atoms with E-state index in [1.807, 2.05) is 0 Å². The minimum absolute atomic E-state index is 0.163. The van der Waals surface area contributed by atoms with Gasteiger partial charge in [0.15, 0.2) is 0 Å². The number of carbonyl (C=O) groups excluding carboxylic acids is 1. The molecule has 0 radical (unpaired) electrons. The Balaban J connectivity index is 1.89. The van der Waals surface area contributed by atoms with Gasteiger partial charge in [-0.1, -0.05) is 103 Å². The summed E-state index contributed by atoms with van der Waals surface area (Å²) in [7, 11) is 0. The van der Waals surface area contributed by atoms with E-state index < -0.39 is 0 Å². The molecule has 2 atom stereocenters. The first-order chi connectivity index (χ1) is 16.1. The van der Waals surface area contributed by atoms with Crippen LogP contribution in [0.5, 0.6) is 0 Å². The molecule has 2 unspecified atom stereocenters. The predicted molar refractivity (Wildman–Crippen MR) is 140 cm³/mol. The second-order valence-corrected chi connectivity index (χ2v) is 10.2. The molecular weight excluding hydrogens is 412 g/mol. The van der Waals surface area contributed by atoms with Crippen LogP contribution < -0.4 is 5.32 Å². The zero-order valence-corrected chi connectivity index (χ0v) is 22.4. The summed E-state index contributed by atoms with van der Waals surface area (Å²) < 4.78 is 11.4. The van der Waals surface area contributed by atoms with Crippen molar-refractivity contribution < 1.29 is 14.3 Å². The van der Waals surface area contributed by atoms with Crippen molar-refractivity contribution >= 4 is 5.97 Å². The van der Waals surface area contributed by atoms with Crippen molar-refractivity contribution in [2.45, 2.75) is 136 Å². The number of hydrogen-bond acceptors (Lipinski definition) is 5. The zero-order chi connectivity index (χ0) is 24.0. The number of esters is 1. The molecule has 0 aromatic rings. The Morgan fingerprint density at radius 1 is 0.879 bits per heavy atom. The Hall–Kier alpha value is -0.650. The first-order valence-corrected chi connectivity index (χ1v) is 14.3. The molecule has 1 saturated heterocycles. The Morgan fingerprint density at radius 3 is 1.88 bits per heavy atom. The molecule has 196 valence electrons. The van der Waals surface area contributed by atoms with Crippen LogP contribution in [0.4, 0.5) is 0 Å². The third-order valence-electron chi connectivity index (χ3n) is 6.86. The van der Waals surface area contributed by atoms with Gasteiger partial charge in [0.05, 0.1) is 6.61 Å². The van der Waals surface area contributed by atoms with Crippen LogP contribution in [0.2, 0.25) is 0 Å². The van der Waals surface area contributed by atoms with Gasteiger partial charge < -0.3 is 14.8 Å². The topological polar surface area (TPSA) is 50.8 Å². The standard InChI is InChI=1S/C28H56N2O3/c1-4-5-6-7-8-9-10-11-12-13-14-15-16-17-18-19-22-32-25-28(33-27(3)31)24-30-21-20-29-23-26(30)2/h26,28-29H,4-25H2,1-3H3. The quantitative estimate of drug-likeness (QED) is 0.145. The van der Waals surface area contributed by atoms with Crippen molar-refractivity contribution in [1.82, 2.24) is 10.2 Å². The summed E-state index contributed by atoms with van der Waals surface area (Å²) in [5, 5.41) is 3.40. The van der Waals surface area contributed by atoms with Gasteiger partial charge >= 0.3 is 5.97 Å². The van der Waals surface area contributed by atoms with Gasteiger partial charge in [-0.05, 0) is 13.3 Å². The van der Waals surface area contributed by atoms with Gasteiger partial charge in [0.25, 0.3) is 0 Å². The molecule has 1 heterocycles. The van der Waals surface area contributed by atoms with Crippen LogP contribution >= 0.6 is 0 Å². The smallest absolute Gasteiger partial charge is 0.303 e. The van der Waals surface area contributed by atoms with E-state index in [2.05, 4.69) is 24.1 Å². The molecule has 5 nitrogen and oxygen atoms in total. The van der Waals surface area contributed by atoms with Crippen LogP contribution in [0.25, 0.3) is 0 Å². The summed E-state index contributed by atoms with van der Waals surface area (Å²) in [6, 6.07) is 0.470. The van der Waals surface area contributed by atoms with E-state index in [0.717, 1.165) is 39.2 Å². The molecule has 1 fully saturated rings. The van der Waals surface area contributed by atoms with Crippen LogP contribution in [0.1, 0.15) is 124 Å². The second kappa shape index (κ2) is 21.9. The summed E-state index contributed by atoms with van der Waals surface area (Å²) in [5.74, 6) is -0.214. The molecule has 0 bridgehead atoms. The van der Waals surface area contributed by atoms with Gasteiger partial charge in [0.2, 0.25) is 0 Å². The molecule has 1 aliphatic heterocycles. The molecule has 0 aromatic carbocycles. The van der Waals surface area contributed by atoms with E-state index in [-0.39, 0.29) is 12.1 Å². The average molecular weight is 469 g/mol. The SMILES string of the molecule is CCCCCCCCCCCCCCCCCCOCC(CN1CCNCC1C)OC(C)=O. The fraction of sp³-hybridized carbons (Fsp3) is 0.964. The predicted octanol–water partition coefficient (Wildman–Crippen LogP) is 6.49. The van der Waals surface area contributed by atoms with Crippen molar-refractivity contribution in [2.75, 3.05) is 39.4 Å². The normalized spacial score (nSPS) is 17.8. The lowest BCUT2D eigenvalue weighted by Crippen LogP contribution is -2.52. The zero-order valence-electron chi connectivity index (χ0n) is 22.4. The average Bonchev–Trinajstić information content (AvgIpc) is 2.79. The van der Waals surface area contributed by atoms with E-state index in [1.165, 1.54) is 103 Å². The van der Waals surface area contributed by atoms with Crippen LogP contribution in [0, 0.1) is 0 Å². The van der Waals surface area contributed by atoms with Gasteiger partial charge in [-0.2, -0.15) is 0 Å². The highest BCUT2D eigenvalue weighted by atomic mass is 16.6. The van der Waals surface area contributed by atoms with E-state index in [9.17, 15) is 4.79 Å². The molecule has 5 heteroatoms. The van der Waals surface area contributed by atoms with E-state index in [0.29, 0.717) is 12.6 Å². The van der Waals surface area contributed by atoms with Gasteiger partial charge in [-0.25, -0.2) is 0 Å². The number of piperazine rings is 1. The van der Waals surface area contributed by atoms with Crippen molar-refractivity contribution in [3.63, 3.8) is 0 Å². The second-order valence-electron chi connectivity index (χ2n) is 10.2. The maximum absolute atomic E-state index is 11.5. The Kier molecular flexibility index (Phi) is 20.1. The number of carbonyl (C=O) groups is 1. The summed E-state index contributed by atoms with van der Waals surface area (Å²) in [5.41, 5.74) is 0. The Bertz CT molecular complexity index is 447. The van der Waals surface area contributed by atoms with Crippen molar-refractivity contribution in [1.29, 1.82) is 0 Å². The molecule has 0 amide bonds. The lowest BCUT2D eigenvalue weighted by Gasteiger charge is -2.35. The van der Waals surface area contributed by atoms with E-state index in [4.69, 9.17) is 9.47 Å². The third-order valence-corrected chi connectivity index (χ3v) is 6.86. The molecule has 0 spiro atoms. The van der Waals surface area contributed by atoms with Crippen molar-refractivity contribution in [2.24, 2.45) is 0 Å². The van der Waals surface area contributed by atoms with Crippen LogP contribution in [-0.2, 0) is 14.3 Å². The van der Waals surface area contributed by atoms with Gasteiger partial charge in [0.1, 0.15) is 6.10 Å². The number of nitrogens with zero attached hydrogens (tertiary/aromatic N) is 1. The summed E-state index contributed by atoms with van der Waals surface area (Å²) in [4.78, 5) is 13.9. The number of ether oxygens (including phenoxy) is 2. The summed E-state index contributed by atoms with van der Waals surface area (Å²) >= 11 is 0. The lowest BCUT2D eigenvalue weighted by atomic mass is 10.0. The van der Waals surface area contributed by atoms with Gasteiger partial charge in [-0.3, -0.25) is 9.69 Å². The fourth-order valence-corrected chi connectivity index (χ4v) is 4.74. The van der Waals surface area contributed by atoms with E-state index in [1.54, 1.807) is 0 Å². The molecule has 0 aromatic heterocycles. The number of rotatable bonds is 22. The molecule has 33 heavy (non-hydrogen) atoms. The third kappa shape index (κ3) is 18.4. The summed E-state index contributed by atoms with van der Waals surface area (Å²) in [6.45, 7) is 11.0. The largest absolute Gasteiger partial charge is 0.459 e. The first kappa shape index (κ1) is 30.4. The molecule has 0 saturated carbocycles. The van der Waals surface area contributed by atoms with Crippen LogP contribution in [0.15, 0.2) is 0 Å². The molecule has 1 rings (SSSR count). The number of hydrogen-bond donors (Lipinski definition) is 1. The minimum Gasteiger partial charge on any atom is -0.459 e. The highest BCUT2D eigenvalue weighted by Crippen LogP contribution is 2.14. The highest BCUT2D eigenvalue weighted by molar-refractivity contribution is 5.66. The first-order valence-electron chi connectivity index (χ1n) is 14.3. The number of unbranched alkanes of at least 4 members (excludes halogenated alkanes) is 15. The van der Waals surface area contributed by atoms with Gasteiger partial charge in [0, 0.05) is 45.8 Å². The van der Waals surface area contributed by atoms with Crippen LogP contribution in [-0.4, -0.2) is 62.4 Å². The number of nitrogens with one attached hydrogen (secondary N) is 1. The van der Waals surface area contributed by atoms with E-state index >= 15 is 0 Å². The maximum Gasteiger partial charge on any atom is 0.303 e. The fourth-order valence-electron chi connectivity index (χ4n) is 4.74. The van der Waals surface area contributed by atoms with Gasteiger partial charge in [-0.15, -0.1) is 0 Å².